The number of carbonyl (C=O) groups is 3. The van der Waals surface area contributed by atoms with E-state index in [4.69, 9.17) is 11.5 Å². The van der Waals surface area contributed by atoms with Gasteiger partial charge in [0, 0.05) is 13.0 Å². The number of aryl methyl sites for hydroxylation is 2. The Hall–Kier alpha value is -3.43. The zero-order valence-electron chi connectivity index (χ0n) is 18.7. The summed E-state index contributed by atoms with van der Waals surface area (Å²) in [7, 11) is 0. The number of nitrogens with two attached hydrogens (primary N) is 2. The van der Waals surface area contributed by atoms with E-state index < -0.39 is 42.5 Å². The molecule has 3 rings (SSSR count). The van der Waals surface area contributed by atoms with Crippen LogP contribution in [-0.2, 0) is 33.8 Å². The monoisotopic (exact) mass is 454 g/mol. The lowest BCUT2D eigenvalue weighted by molar-refractivity contribution is -0.143. The highest BCUT2D eigenvalue weighted by Gasteiger charge is 2.37. The number of phenolic OH excluding ortho intramolecular Hbond substituents is 1. The van der Waals surface area contributed by atoms with E-state index in [0.29, 0.717) is 0 Å². The van der Waals surface area contributed by atoms with Crippen molar-refractivity contribution in [3.05, 3.63) is 64.2 Å². The largest absolute Gasteiger partial charge is 0.508 e. The molecule has 2 aromatic rings. The summed E-state index contributed by atoms with van der Waals surface area (Å²) < 4.78 is 0. The Morgan fingerprint density at radius 2 is 1.76 bits per heavy atom. The van der Waals surface area contributed by atoms with Gasteiger partial charge in [-0.3, -0.25) is 14.4 Å². The van der Waals surface area contributed by atoms with Gasteiger partial charge >= 0.3 is 0 Å². The Balaban J connectivity index is 1.87. The van der Waals surface area contributed by atoms with Crippen molar-refractivity contribution in [1.29, 1.82) is 0 Å². The van der Waals surface area contributed by atoms with Crippen molar-refractivity contribution in [2.45, 2.75) is 51.4 Å². The van der Waals surface area contributed by atoms with Crippen LogP contribution in [0.3, 0.4) is 0 Å². The zero-order valence-corrected chi connectivity index (χ0v) is 18.7. The first-order valence-electron chi connectivity index (χ1n) is 10.7. The highest BCUT2D eigenvalue weighted by molar-refractivity contribution is 5.93. The molecule has 0 saturated carbocycles. The number of hydrogen-bond donors (Lipinski definition) is 5. The lowest BCUT2D eigenvalue weighted by Gasteiger charge is -2.38. The van der Waals surface area contributed by atoms with Crippen molar-refractivity contribution in [2.24, 2.45) is 11.5 Å². The molecule has 9 heteroatoms. The number of phenols is 1. The molecular weight excluding hydrogens is 424 g/mol. The van der Waals surface area contributed by atoms with Crippen molar-refractivity contribution in [3.8, 4) is 5.75 Å². The summed E-state index contributed by atoms with van der Waals surface area (Å²) in [5.41, 5.74) is 15.9. The van der Waals surface area contributed by atoms with E-state index in [9.17, 15) is 24.6 Å². The third-order valence-corrected chi connectivity index (χ3v) is 6.10. The molecule has 2 aromatic carbocycles. The number of aromatic hydroxyl groups is 1. The van der Waals surface area contributed by atoms with E-state index in [0.717, 1.165) is 27.8 Å². The third-order valence-electron chi connectivity index (χ3n) is 6.10. The van der Waals surface area contributed by atoms with Crippen LogP contribution >= 0.6 is 0 Å². The third kappa shape index (κ3) is 5.32. The summed E-state index contributed by atoms with van der Waals surface area (Å²) >= 11 is 0. The van der Waals surface area contributed by atoms with Crippen LogP contribution in [0.1, 0.15) is 27.8 Å². The molecule has 1 heterocycles. The van der Waals surface area contributed by atoms with Gasteiger partial charge in [-0.15, -0.1) is 0 Å². The van der Waals surface area contributed by atoms with E-state index in [1.165, 1.54) is 4.90 Å². The smallest absolute Gasteiger partial charge is 0.243 e. The van der Waals surface area contributed by atoms with Gasteiger partial charge in [0.25, 0.3) is 0 Å². The van der Waals surface area contributed by atoms with E-state index in [1.807, 2.05) is 38.1 Å². The SMILES string of the molecule is Cc1cc(O)cc(C)c1C[C@H](N)C(=O)N1Cc2ccccc2C[C@H]1C(=O)N[C@@H](CO)C(N)=O. The first-order chi connectivity index (χ1) is 15.6. The number of amides is 3. The van der Waals surface area contributed by atoms with Crippen molar-refractivity contribution < 1.29 is 24.6 Å². The van der Waals surface area contributed by atoms with Crippen LogP contribution in [0.15, 0.2) is 36.4 Å². The second kappa shape index (κ2) is 10.0. The summed E-state index contributed by atoms with van der Waals surface area (Å²) in [6, 6.07) is 7.65. The zero-order chi connectivity index (χ0) is 24.3. The lowest BCUT2D eigenvalue weighted by atomic mass is 9.91. The quantitative estimate of drug-likeness (QED) is 0.389. The van der Waals surface area contributed by atoms with Gasteiger partial charge in [-0.2, -0.15) is 0 Å². The van der Waals surface area contributed by atoms with Gasteiger partial charge in [-0.25, -0.2) is 0 Å². The van der Waals surface area contributed by atoms with Crippen molar-refractivity contribution in [1.82, 2.24) is 10.2 Å². The molecule has 3 amide bonds. The molecule has 0 aromatic heterocycles. The molecule has 0 radical (unpaired) electrons. The summed E-state index contributed by atoms with van der Waals surface area (Å²) in [6.07, 6.45) is 0.485. The predicted octanol–water partition coefficient (Wildman–Crippen LogP) is -0.205. The number of nitrogens with zero attached hydrogens (tertiary/aromatic N) is 1. The number of fused-ring (bicyclic) bond motifs is 1. The van der Waals surface area contributed by atoms with Crippen LogP contribution in [0, 0.1) is 13.8 Å². The van der Waals surface area contributed by atoms with Gasteiger partial charge in [0.1, 0.15) is 17.8 Å². The summed E-state index contributed by atoms with van der Waals surface area (Å²) in [5.74, 6) is -1.71. The molecular formula is C24H30N4O5. The van der Waals surface area contributed by atoms with Crippen LogP contribution in [0.5, 0.6) is 5.75 Å². The summed E-state index contributed by atoms with van der Waals surface area (Å²) in [5, 5.41) is 21.6. The number of primary amides is 1. The standard InChI is InChI=1S/C24H30N4O5/c1-13-7-17(30)8-14(2)18(13)10-19(25)24(33)28-11-16-6-4-3-5-15(16)9-21(28)23(32)27-20(12-29)22(26)31/h3-8,19-21,29-30H,9-12,25H2,1-2H3,(H2,26,31)(H,27,32)/t19-,20-,21-/m0/s1. The minimum Gasteiger partial charge on any atom is -0.508 e. The van der Waals surface area contributed by atoms with Crippen molar-refractivity contribution >= 4 is 17.7 Å². The Kier molecular flexibility index (Phi) is 7.35. The van der Waals surface area contributed by atoms with Gasteiger partial charge in [0.2, 0.25) is 17.7 Å². The minimum absolute atomic E-state index is 0.144. The van der Waals surface area contributed by atoms with E-state index in [2.05, 4.69) is 5.32 Å². The number of hydrogen-bond acceptors (Lipinski definition) is 6. The fourth-order valence-corrected chi connectivity index (χ4v) is 4.28. The highest BCUT2D eigenvalue weighted by Crippen LogP contribution is 2.26. The Morgan fingerprint density at radius 3 is 2.33 bits per heavy atom. The number of nitrogens with one attached hydrogen (secondary N) is 1. The molecule has 3 atom stereocenters. The van der Waals surface area contributed by atoms with E-state index in [1.54, 1.807) is 12.1 Å². The number of benzene rings is 2. The number of rotatable bonds is 7. The summed E-state index contributed by atoms with van der Waals surface area (Å²) in [6.45, 7) is 3.23. The molecule has 9 nitrogen and oxygen atoms in total. The normalized spacial score (nSPS) is 17.1. The molecule has 0 fully saturated rings. The molecule has 0 spiro atoms. The van der Waals surface area contributed by atoms with Crippen LogP contribution in [0.25, 0.3) is 0 Å². The fraction of sp³-hybridized carbons (Fsp3) is 0.375. The average molecular weight is 455 g/mol. The second-order valence-electron chi connectivity index (χ2n) is 8.47. The average Bonchev–Trinajstić information content (AvgIpc) is 2.77. The van der Waals surface area contributed by atoms with Crippen LogP contribution < -0.4 is 16.8 Å². The maximum atomic E-state index is 13.4. The van der Waals surface area contributed by atoms with Gasteiger partial charge < -0.3 is 31.9 Å². The van der Waals surface area contributed by atoms with Crippen LogP contribution in [-0.4, -0.2) is 57.6 Å². The minimum atomic E-state index is -1.25. The predicted molar refractivity (Wildman–Crippen MR) is 122 cm³/mol. The number of aliphatic hydroxyl groups excluding tert-OH is 1. The topological polar surface area (TPSA) is 159 Å². The summed E-state index contributed by atoms with van der Waals surface area (Å²) in [4.78, 5) is 39.4. The molecule has 0 saturated heterocycles. The van der Waals surface area contributed by atoms with E-state index >= 15 is 0 Å². The Morgan fingerprint density at radius 1 is 1.15 bits per heavy atom. The first-order valence-corrected chi connectivity index (χ1v) is 10.7. The molecule has 0 unspecified atom stereocenters. The lowest BCUT2D eigenvalue weighted by Crippen LogP contribution is -2.59. The molecule has 33 heavy (non-hydrogen) atoms. The molecule has 1 aliphatic heterocycles. The molecule has 0 aliphatic carbocycles. The number of aliphatic hydroxyl groups is 1. The molecule has 1 aliphatic rings. The van der Waals surface area contributed by atoms with Crippen LogP contribution in [0.2, 0.25) is 0 Å². The fourth-order valence-electron chi connectivity index (χ4n) is 4.28. The Labute approximate surface area is 192 Å². The van der Waals surface area contributed by atoms with Gasteiger partial charge in [-0.1, -0.05) is 24.3 Å². The van der Waals surface area contributed by atoms with Crippen molar-refractivity contribution in [3.63, 3.8) is 0 Å². The molecule has 0 bridgehead atoms. The van der Waals surface area contributed by atoms with Gasteiger partial charge in [0.05, 0.1) is 12.6 Å². The first kappa shape index (κ1) is 24.2. The highest BCUT2D eigenvalue weighted by atomic mass is 16.3. The maximum Gasteiger partial charge on any atom is 0.243 e. The second-order valence-corrected chi connectivity index (χ2v) is 8.47. The van der Waals surface area contributed by atoms with E-state index in [-0.39, 0.29) is 25.1 Å². The molecule has 7 N–H and O–H groups in total. The van der Waals surface area contributed by atoms with Crippen LogP contribution in [0.4, 0.5) is 0 Å². The van der Waals surface area contributed by atoms with Gasteiger partial charge in [-0.05, 0) is 60.2 Å². The van der Waals surface area contributed by atoms with Gasteiger partial charge in [0.15, 0.2) is 0 Å². The molecule has 176 valence electrons. The number of carbonyl (C=O) groups excluding carboxylic acids is 3. The maximum absolute atomic E-state index is 13.4. The van der Waals surface area contributed by atoms with Crippen molar-refractivity contribution in [2.75, 3.05) is 6.61 Å². The Bertz CT molecular complexity index is 1050.